The predicted molar refractivity (Wildman–Crippen MR) is 85.9 cm³/mol. The maximum absolute atomic E-state index is 14.1. The fraction of sp³-hybridized carbons (Fsp3) is 0.222. The van der Waals surface area contributed by atoms with E-state index in [1.54, 1.807) is 24.3 Å². The van der Waals surface area contributed by atoms with Crippen molar-refractivity contribution in [3.05, 3.63) is 58.9 Å². The monoisotopic (exact) mass is 326 g/mol. The number of halogens is 1. The van der Waals surface area contributed by atoms with Gasteiger partial charge in [-0.2, -0.15) is 0 Å². The van der Waals surface area contributed by atoms with E-state index >= 15 is 0 Å². The summed E-state index contributed by atoms with van der Waals surface area (Å²) in [5.74, 6) is -0.580. The number of ether oxygens (including phenoxy) is 1. The summed E-state index contributed by atoms with van der Waals surface area (Å²) in [5, 5.41) is 2.90. The minimum Gasteiger partial charge on any atom is -0.494 e. The molecule has 0 aliphatic carbocycles. The number of hydrogen-bond donors (Lipinski definition) is 1. The van der Waals surface area contributed by atoms with E-state index in [1.807, 2.05) is 4.90 Å². The first-order chi connectivity index (χ1) is 11.6. The smallest absolute Gasteiger partial charge is 0.255 e. The molecule has 1 amide bonds. The zero-order valence-corrected chi connectivity index (χ0v) is 13.0. The first-order valence-corrected chi connectivity index (χ1v) is 7.67. The van der Waals surface area contributed by atoms with Crippen LogP contribution in [0.3, 0.4) is 0 Å². The van der Waals surface area contributed by atoms with Gasteiger partial charge in [0.25, 0.3) is 5.91 Å². The van der Waals surface area contributed by atoms with Crippen LogP contribution in [0, 0.1) is 5.82 Å². The Morgan fingerprint density at radius 2 is 2.00 bits per heavy atom. The lowest BCUT2D eigenvalue weighted by molar-refractivity contribution is 0.0921. The minimum atomic E-state index is -0.514. The van der Waals surface area contributed by atoms with Crippen molar-refractivity contribution in [1.82, 2.24) is 5.32 Å². The number of hydrogen-bond acceptors (Lipinski definition) is 4. The molecule has 1 atom stereocenters. The van der Waals surface area contributed by atoms with Crippen LogP contribution in [0.2, 0.25) is 0 Å². The van der Waals surface area contributed by atoms with Crippen molar-refractivity contribution in [2.24, 2.45) is 0 Å². The Hall–Kier alpha value is -2.89. The zero-order valence-electron chi connectivity index (χ0n) is 13.0. The highest BCUT2D eigenvalue weighted by molar-refractivity contribution is 6.11. The highest BCUT2D eigenvalue weighted by Crippen LogP contribution is 2.39. The Morgan fingerprint density at radius 3 is 2.75 bits per heavy atom. The first kappa shape index (κ1) is 14.7. The van der Waals surface area contributed by atoms with E-state index in [-0.39, 0.29) is 17.4 Å². The van der Waals surface area contributed by atoms with Crippen LogP contribution in [-0.4, -0.2) is 25.3 Å². The van der Waals surface area contributed by atoms with Crippen molar-refractivity contribution < 1.29 is 18.7 Å². The van der Waals surface area contributed by atoms with Crippen LogP contribution in [0.4, 0.5) is 10.1 Å². The van der Waals surface area contributed by atoms with Gasteiger partial charge < -0.3 is 15.0 Å². The maximum Gasteiger partial charge on any atom is 0.255 e. The number of methoxy groups -OCH3 is 1. The van der Waals surface area contributed by atoms with E-state index in [0.717, 1.165) is 0 Å². The van der Waals surface area contributed by atoms with E-state index in [2.05, 4.69) is 5.32 Å². The van der Waals surface area contributed by atoms with Crippen molar-refractivity contribution in [2.45, 2.75) is 12.6 Å². The molecule has 6 heteroatoms. The molecule has 2 heterocycles. The van der Waals surface area contributed by atoms with E-state index in [4.69, 9.17) is 4.74 Å². The molecule has 2 aliphatic heterocycles. The molecule has 2 aromatic rings. The minimum absolute atomic E-state index is 0.0254. The van der Waals surface area contributed by atoms with Gasteiger partial charge in [0.05, 0.1) is 18.4 Å². The molecule has 0 fully saturated rings. The van der Waals surface area contributed by atoms with Gasteiger partial charge in [0.2, 0.25) is 0 Å². The molecule has 2 aromatic carbocycles. The number of Topliss-reactive ketones (excluding diaryl/α,β-unsaturated/α-hetero) is 1. The third-order valence-electron chi connectivity index (χ3n) is 4.52. The Bertz CT molecular complexity index is 851. The number of ketones is 1. The zero-order chi connectivity index (χ0) is 16.8. The average Bonchev–Trinajstić information content (AvgIpc) is 2.59. The highest BCUT2D eigenvalue weighted by atomic mass is 19.1. The summed E-state index contributed by atoms with van der Waals surface area (Å²) >= 11 is 0. The lowest BCUT2D eigenvalue weighted by Gasteiger charge is -2.42. The SMILES string of the molecule is COc1ccc(C2NC(=O)c3cccc4c3N2CCC4=O)cc1F. The second-order valence-electron chi connectivity index (χ2n) is 5.84. The summed E-state index contributed by atoms with van der Waals surface area (Å²) in [5.41, 5.74) is 2.27. The van der Waals surface area contributed by atoms with Gasteiger partial charge >= 0.3 is 0 Å². The van der Waals surface area contributed by atoms with Crippen molar-refractivity contribution in [3.8, 4) is 5.75 Å². The number of carbonyl (C=O) groups is 2. The Labute approximate surface area is 138 Å². The second-order valence-corrected chi connectivity index (χ2v) is 5.84. The van der Waals surface area contributed by atoms with E-state index in [0.29, 0.717) is 35.3 Å². The fourth-order valence-corrected chi connectivity index (χ4v) is 3.38. The molecule has 0 saturated carbocycles. The van der Waals surface area contributed by atoms with Crippen LogP contribution < -0.4 is 15.0 Å². The number of amides is 1. The number of benzene rings is 2. The van der Waals surface area contributed by atoms with E-state index in [1.165, 1.54) is 19.2 Å². The molecule has 0 spiro atoms. The number of nitrogens with one attached hydrogen (secondary N) is 1. The van der Waals surface area contributed by atoms with E-state index < -0.39 is 12.0 Å². The molecule has 122 valence electrons. The normalized spacial score (nSPS) is 18.9. The van der Waals surface area contributed by atoms with Crippen LogP contribution >= 0.6 is 0 Å². The molecular weight excluding hydrogens is 311 g/mol. The third kappa shape index (κ3) is 2.06. The van der Waals surface area contributed by atoms with Crippen molar-refractivity contribution in [1.29, 1.82) is 0 Å². The summed E-state index contributed by atoms with van der Waals surface area (Å²) in [6, 6.07) is 9.75. The van der Waals surface area contributed by atoms with Crippen molar-refractivity contribution >= 4 is 17.4 Å². The number of rotatable bonds is 2. The van der Waals surface area contributed by atoms with Crippen molar-refractivity contribution in [2.75, 3.05) is 18.6 Å². The predicted octanol–water partition coefficient (Wildman–Crippen LogP) is 2.67. The van der Waals surface area contributed by atoms with Gasteiger partial charge in [0, 0.05) is 18.5 Å². The first-order valence-electron chi connectivity index (χ1n) is 7.67. The number of anilines is 1. The van der Waals surface area contributed by atoms with Crippen molar-refractivity contribution in [3.63, 3.8) is 0 Å². The van der Waals surface area contributed by atoms with Gasteiger partial charge in [-0.1, -0.05) is 12.1 Å². The molecular formula is C18H15FN2O3. The standard InChI is InChI=1S/C18H15FN2O3/c1-24-15-6-5-10(9-13(15)19)17-20-18(23)12-4-2-3-11-14(22)7-8-21(17)16(11)12/h2-6,9,17H,7-8H2,1H3,(H,20,23). The van der Waals surface area contributed by atoms with E-state index in [9.17, 15) is 14.0 Å². The van der Waals surface area contributed by atoms with Gasteiger partial charge in [-0.25, -0.2) is 4.39 Å². The molecule has 1 unspecified atom stereocenters. The van der Waals surface area contributed by atoms with Gasteiger partial charge in [-0.15, -0.1) is 0 Å². The van der Waals surface area contributed by atoms with Crippen LogP contribution in [0.25, 0.3) is 0 Å². The lowest BCUT2D eigenvalue weighted by atomic mass is 9.92. The van der Waals surface area contributed by atoms with Crippen LogP contribution in [0.15, 0.2) is 36.4 Å². The Morgan fingerprint density at radius 1 is 1.21 bits per heavy atom. The van der Waals surface area contributed by atoms with Gasteiger partial charge in [-0.05, 0) is 29.8 Å². The summed E-state index contributed by atoms with van der Waals surface area (Å²) in [6.07, 6.45) is -0.152. The molecule has 1 N–H and O–H groups in total. The topological polar surface area (TPSA) is 58.6 Å². The highest BCUT2D eigenvalue weighted by Gasteiger charge is 2.37. The summed E-state index contributed by atoms with van der Waals surface area (Å²) in [6.45, 7) is 0.474. The quantitative estimate of drug-likeness (QED) is 0.922. The molecule has 2 aliphatic rings. The molecule has 0 bridgehead atoms. The fourth-order valence-electron chi connectivity index (χ4n) is 3.38. The van der Waals surface area contributed by atoms with Crippen LogP contribution in [0.5, 0.6) is 5.75 Å². The Kier molecular flexibility index (Phi) is 3.26. The average molecular weight is 326 g/mol. The maximum atomic E-state index is 14.1. The molecule has 0 saturated heterocycles. The number of carbonyl (C=O) groups excluding carboxylic acids is 2. The lowest BCUT2D eigenvalue weighted by Crippen LogP contribution is -2.49. The molecule has 4 rings (SSSR count). The molecule has 5 nitrogen and oxygen atoms in total. The van der Waals surface area contributed by atoms with Gasteiger partial charge in [-0.3, -0.25) is 9.59 Å². The Balaban J connectivity index is 1.84. The summed E-state index contributed by atoms with van der Waals surface area (Å²) in [7, 11) is 1.40. The van der Waals surface area contributed by atoms with Crippen LogP contribution in [-0.2, 0) is 0 Å². The molecule has 24 heavy (non-hydrogen) atoms. The largest absolute Gasteiger partial charge is 0.494 e. The summed E-state index contributed by atoms with van der Waals surface area (Å²) < 4.78 is 19.0. The molecule has 0 aromatic heterocycles. The second kappa shape index (κ2) is 5.33. The molecule has 0 radical (unpaired) electrons. The number of para-hydroxylation sites is 1. The number of nitrogens with zero attached hydrogens (tertiary/aromatic N) is 1. The van der Waals surface area contributed by atoms with Gasteiger partial charge in [0.1, 0.15) is 6.17 Å². The van der Waals surface area contributed by atoms with Crippen LogP contribution in [0.1, 0.15) is 38.9 Å². The third-order valence-corrected chi connectivity index (χ3v) is 4.52. The summed E-state index contributed by atoms with van der Waals surface area (Å²) in [4.78, 5) is 26.6. The van der Waals surface area contributed by atoms with Gasteiger partial charge in [0.15, 0.2) is 17.3 Å².